The van der Waals surface area contributed by atoms with Crippen LogP contribution in [-0.4, -0.2) is 9.13 Å². The van der Waals surface area contributed by atoms with Gasteiger partial charge in [-0.3, -0.25) is 0 Å². The number of hydrogen-bond acceptors (Lipinski definition) is 1. The summed E-state index contributed by atoms with van der Waals surface area (Å²) < 4.78 is 4.79. The standard InChI is InChI=1S/C45H27N3/c46-28-29-20-25-34-31(26-29)22-21-30-23-24-33(27-39(30)34)48-41-17-7-5-13-38(41)45-36(15-9-19-43(45)48)35-14-8-18-42-44(35)37-12-4-6-16-40(37)47(42)32-10-2-1-3-11-32/h1-27H. The maximum atomic E-state index is 9.49. The number of para-hydroxylation sites is 3. The molecule has 2 aromatic heterocycles. The molecule has 222 valence electrons. The molecule has 0 saturated carbocycles. The van der Waals surface area contributed by atoms with E-state index in [0.29, 0.717) is 5.56 Å². The first-order valence-corrected chi connectivity index (χ1v) is 16.3. The first-order valence-electron chi connectivity index (χ1n) is 16.3. The van der Waals surface area contributed by atoms with E-state index in [-0.39, 0.29) is 0 Å². The Labute approximate surface area is 276 Å². The van der Waals surface area contributed by atoms with Crippen LogP contribution in [0.1, 0.15) is 5.56 Å². The monoisotopic (exact) mass is 609 g/mol. The Hall–Kier alpha value is -6.63. The Kier molecular flexibility index (Phi) is 5.64. The lowest BCUT2D eigenvalue weighted by molar-refractivity contribution is 1.18. The molecule has 0 N–H and O–H groups in total. The summed E-state index contributed by atoms with van der Waals surface area (Å²) in [7, 11) is 0. The number of nitriles is 1. The fraction of sp³-hybridized carbons (Fsp3) is 0. The molecule has 10 rings (SSSR count). The van der Waals surface area contributed by atoms with Gasteiger partial charge in [0.05, 0.1) is 33.7 Å². The van der Waals surface area contributed by atoms with E-state index in [4.69, 9.17) is 0 Å². The molecule has 0 unspecified atom stereocenters. The van der Waals surface area contributed by atoms with Crippen molar-refractivity contribution >= 4 is 65.2 Å². The predicted octanol–water partition coefficient (Wildman–Crippen LogP) is 11.7. The molecule has 0 aliphatic carbocycles. The van der Waals surface area contributed by atoms with Gasteiger partial charge < -0.3 is 9.13 Å². The molecule has 0 spiro atoms. The first-order chi connectivity index (χ1) is 23.8. The van der Waals surface area contributed by atoms with Gasteiger partial charge in [0.25, 0.3) is 0 Å². The zero-order chi connectivity index (χ0) is 31.8. The molecule has 0 aliphatic heterocycles. The van der Waals surface area contributed by atoms with Crippen LogP contribution in [0.4, 0.5) is 0 Å². The average Bonchev–Trinajstić information content (AvgIpc) is 3.68. The zero-order valence-corrected chi connectivity index (χ0v) is 25.9. The highest BCUT2D eigenvalue weighted by molar-refractivity contribution is 6.22. The SMILES string of the molecule is N#Cc1ccc2c(ccc3ccc(-n4c5ccccc5c5c(-c6cccc7c6c6ccccc6n7-c6ccccc6)cccc54)cc32)c1. The van der Waals surface area contributed by atoms with Crippen molar-refractivity contribution < 1.29 is 0 Å². The van der Waals surface area contributed by atoms with E-state index in [1.165, 1.54) is 65.5 Å². The maximum Gasteiger partial charge on any atom is 0.0991 e. The van der Waals surface area contributed by atoms with E-state index < -0.39 is 0 Å². The summed E-state index contributed by atoms with van der Waals surface area (Å²) in [6, 6.07) is 60.9. The fourth-order valence-corrected chi connectivity index (χ4v) is 7.88. The number of fused-ring (bicyclic) bond motifs is 9. The summed E-state index contributed by atoms with van der Waals surface area (Å²) in [4.78, 5) is 0. The molecule has 0 atom stereocenters. The molecule has 0 bridgehead atoms. The van der Waals surface area contributed by atoms with E-state index in [1.54, 1.807) is 0 Å². The van der Waals surface area contributed by atoms with Crippen LogP contribution in [0.3, 0.4) is 0 Å². The summed E-state index contributed by atoms with van der Waals surface area (Å²) in [6.45, 7) is 0. The lowest BCUT2D eigenvalue weighted by Crippen LogP contribution is -1.94. The van der Waals surface area contributed by atoms with E-state index in [0.717, 1.165) is 22.1 Å². The van der Waals surface area contributed by atoms with E-state index >= 15 is 0 Å². The second kappa shape index (κ2) is 10.2. The lowest BCUT2D eigenvalue weighted by atomic mass is 9.95. The molecule has 48 heavy (non-hydrogen) atoms. The van der Waals surface area contributed by atoms with E-state index in [2.05, 4.69) is 167 Å². The number of nitrogens with zero attached hydrogens (tertiary/aromatic N) is 3. The van der Waals surface area contributed by atoms with Crippen molar-refractivity contribution in [3.63, 3.8) is 0 Å². The highest BCUT2D eigenvalue weighted by Gasteiger charge is 2.20. The van der Waals surface area contributed by atoms with Crippen LogP contribution in [0.25, 0.3) is 87.7 Å². The number of hydrogen-bond donors (Lipinski definition) is 0. The van der Waals surface area contributed by atoms with Crippen molar-refractivity contribution in [2.45, 2.75) is 0 Å². The minimum absolute atomic E-state index is 0.676. The predicted molar refractivity (Wildman–Crippen MR) is 200 cm³/mol. The largest absolute Gasteiger partial charge is 0.309 e. The molecular weight excluding hydrogens is 583 g/mol. The smallest absolute Gasteiger partial charge is 0.0991 e. The van der Waals surface area contributed by atoms with Crippen molar-refractivity contribution in [1.29, 1.82) is 5.26 Å². The van der Waals surface area contributed by atoms with Crippen molar-refractivity contribution in [3.8, 4) is 28.6 Å². The normalized spacial score (nSPS) is 11.7. The molecule has 10 aromatic rings. The topological polar surface area (TPSA) is 33.6 Å². The highest BCUT2D eigenvalue weighted by Crippen LogP contribution is 2.44. The summed E-state index contributed by atoms with van der Waals surface area (Å²) in [5.41, 5.74) is 10.1. The Bertz CT molecular complexity index is 2950. The van der Waals surface area contributed by atoms with Crippen LogP contribution >= 0.6 is 0 Å². The third kappa shape index (κ3) is 3.75. The molecule has 8 aromatic carbocycles. The molecule has 0 aliphatic rings. The van der Waals surface area contributed by atoms with Crippen molar-refractivity contribution in [1.82, 2.24) is 9.13 Å². The van der Waals surface area contributed by atoms with Crippen LogP contribution in [0, 0.1) is 11.3 Å². The van der Waals surface area contributed by atoms with Crippen LogP contribution in [0.15, 0.2) is 164 Å². The Morgan fingerprint density at radius 1 is 0.375 bits per heavy atom. The Morgan fingerprint density at radius 2 is 0.938 bits per heavy atom. The minimum Gasteiger partial charge on any atom is -0.309 e. The maximum absolute atomic E-state index is 9.49. The van der Waals surface area contributed by atoms with Crippen LogP contribution in [-0.2, 0) is 0 Å². The minimum atomic E-state index is 0.676. The molecule has 3 heteroatoms. The molecule has 0 amide bonds. The lowest BCUT2D eigenvalue weighted by Gasteiger charge is -2.12. The van der Waals surface area contributed by atoms with Gasteiger partial charge in [-0.25, -0.2) is 0 Å². The van der Waals surface area contributed by atoms with Gasteiger partial charge in [0.2, 0.25) is 0 Å². The van der Waals surface area contributed by atoms with Crippen LogP contribution in [0.2, 0.25) is 0 Å². The van der Waals surface area contributed by atoms with Gasteiger partial charge in [0.15, 0.2) is 0 Å². The summed E-state index contributed by atoms with van der Waals surface area (Å²) in [5, 5.41) is 19.0. The van der Waals surface area contributed by atoms with Crippen molar-refractivity contribution in [2.24, 2.45) is 0 Å². The summed E-state index contributed by atoms with van der Waals surface area (Å²) in [5.74, 6) is 0. The summed E-state index contributed by atoms with van der Waals surface area (Å²) >= 11 is 0. The van der Waals surface area contributed by atoms with Gasteiger partial charge in [0.1, 0.15) is 0 Å². The highest BCUT2D eigenvalue weighted by atomic mass is 15.0. The second-order valence-electron chi connectivity index (χ2n) is 12.5. The molecular formula is C45H27N3. The number of aromatic nitrogens is 2. The van der Waals surface area contributed by atoms with Crippen molar-refractivity contribution in [3.05, 3.63) is 169 Å². The van der Waals surface area contributed by atoms with Gasteiger partial charge in [-0.05, 0) is 93.3 Å². The number of benzene rings is 8. The molecule has 3 nitrogen and oxygen atoms in total. The number of rotatable bonds is 3. The Morgan fingerprint density at radius 3 is 1.60 bits per heavy atom. The van der Waals surface area contributed by atoms with Gasteiger partial charge in [-0.15, -0.1) is 0 Å². The van der Waals surface area contributed by atoms with Crippen LogP contribution < -0.4 is 0 Å². The van der Waals surface area contributed by atoms with Crippen molar-refractivity contribution in [2.75, 3.05) is 0 Å². The quantitative estimate of drug-likeness (QED) is 0.183. The molecule has 0 fully saturated rings. The fourth-order valence-electron chi connectivity index (χ4n) is 7.88. The first kappa shape index (κ1) is 26.6. The second-order valence-corrected chi connectivity index (χ2v) is 12.5. The zero-order valence-electron chi connectivity index (χ0n) is 25.9. The van der Waals surface area contributed by atoms with E-state index in [1.807, 2.05) is 12.1 Å². The molecule has 0 radical (unpaired) electrons. The average molecular weight is 610 g/mol. The van der Waals surface area contributed by atoms with E-state index in [9.17, 15) is 5.26 Å². The third-order valence-electron chi connectivity index (χ3n) is 9.91. The van der Waals surface area contributed by atoms with Gasteiger partial charge in [0, 0.05) is 32.9 Å². The van der Waals surface area contributed by atoms with Gasteiger partial charge in [-0.2, -0.15) is 5.26 Å². The third-order valence-corrected chi connectivity index (χ3v) is 9.91. The van der Waals surface area contributed by atoms with Gasteiger partial charge in [-0.1, -0.05) is 103 Å². The van der Waals surface area contributed by atoms with Gasteiger partial charge >= 0.3 is 0 Å². The summed E-state index contributed by atoms with van der Waals surface area (Å²) in [6.07, 6.45) is 0. The Balaban J connectivity index is 1.28. The molecule has 2 heterocycles. The molecule has 0 saturated heterocycles. The van der Waals surface area contributed by atoms with Crippen LogP contribution in [0.5, 0.6) is 0 Å².